The van der Waals surface area contributed by atoms with Crippen LogP contribution in [0.15, 0.2) is 36.5 Å². The second kappa shape index (κ2) is 7.02. The number of aromatic nitrogens is 2. The standard InChI is InChI=1S/C17H21N3O4/c1-24-14-9-13(7-8-21)19(10-14)17(23)16-15(22)11-20(18-16)12-5-3-2-4-6-12/h2-6,11,13-14,21-22H,7-10H2,1H3/t13-,14+/m1/s1. The van der Waals surface area contributed by atoms with Crippen LogP contribution in [0.5, 0.6) is 5.75 Å². The maximum absolute atomic E-state index is 12.8. The minimum absolute atomic E-state index is 0.00464. The van der Waals surface area contributed by atoms with E-state index in [4.69, 9.17) is 4.74 Å². The zero-order valence-corrected chi connectivity index (χ0v) is 13.5. The van der Waals surface area contributed by atoms with Crippen LogP contribution < -0.4 is 0 Å². The summed E-state index contributed by atoms with van der Waals surface area (Å²) in [7, 11) is 1.61. The molecule has 1 aliphatic heterocycles. The average Bonchev–Trinajstić information content (AvgIpc) is 3.19. The Labute approximate surface area is 140 Å². The van der Waals surface area contributed by atoms with E-state index in [0.717, 1.165) is 5.69 Å². The molecule has 1 saturated heterocycles. The van der Waals surface area contributed by atoms with E-state index in [0.29, 0.717) is 19.4 Å². The number of hydrogen-bond donors (Lipinski definition) is 2. The first kappa shape index (κ1) is 16.5. The summed E-state index contributed by atoms with van der Waals surface area (Å²) in [6.45, 7) is 0.424. The second-order valence-corrected chi connectivity index (χ2v) is 5.86. The Kier molecular flexibility index (Phi) is 4.82. The van der Waals surface area contributed by atoms with Gasteiger partial charge < -0.3 is 19.8 Å². The number of aliphatic hydroxyl groups excluding tert-OH is 1. The fourth-order valence-electron chi connectivity index (χ4n) is 3.08. The van der Waals surface area contributed by atoms with Crippen molar-refractivity contribution in [2.24, 2.45) is 0 Å². The smallest absolute Gasteiger partial charge is 0.278 e. The van der Waals surface area contributed by atoms with Crippen molar-refractivity contribution in [3.05, 3.63) is 42.2 Å². The highest BCUT2D eigenvalue weighted by Crippen LogP contribution is 2.27. The predicted molar refractivity (Wildman–Crippen MR) is 87.2 cm³/mol. The van der Waals surface area contributed by atoms with Crippen molar-refractivity contribution in [1.29, 1.82) is 0 Å². The Morgan fingerprint density at radius 2 is 2.12 bits per heavy atom. The van der Waals surface area contributed by atoms with Crippen LogP contribution in [0, 0.1) is 0 Å². The van der Waals surface area contributed by atoms with Gasteiger partial charge in [-0.3, -0.25) is 4.79 Å². The number of carbonyl (C=O) groups excluding carboxylic acids is 1. The molecular weight excluding hydrogens is 310 g/mol. The number of amides is 1. The first-order valence-electron chi connectivity index (χ1n) is 7.92. The van der Waals surface area contributed by atoms with E-state index in [1.165, 1.54) is 10.9 Å². The molecule has 3 rings (SSSR count). The van der Waals surface area contributed by atoms with Gasteiger partial charge in [0.15, 0.2) is 11.4 Å². The van der Waals surface area contributed by atoms with Gasteiger partial charge >= 0.3 is 0 Å². The molecule has 7 heteroatoms. The van der Waals surface area contributed by atoms with Crippen LogP contribution >= 0.6 is 0 Å². The number of ether oxygens (including phenoxy) is 1. The number of para-hydroxylation sites is 1. The lowest BCUT2D eigenvalue weighted by molar-refractivity contribution is 0.0666. The van der Waals surface area contributed by atoms with E-state index in [1.807, 2.05) is 30.3 Å². The van der Waals surface area contributed by atoms with Gasteiger partial charge in [-0.25, -0.2) is 4.68 Å². The number of carbonyl (C=O) groups is 1. The molecule has 0 unspecified atom stereocenters. The van der Waals surface area contributed by atoms with Crippen molar-refractivity contribution >= 4 is 5.91 Å². The lowest BCUT2D eigenvalue weighted by atomic mass is 10.1. The number of benzene rings is 1. The van der Waals surface area contributed by atoms with E-state index in [-0.39, 0.29) is 36.1 Å². The van der Waals surface area contributed by atoms with E-state index in [2.05, 4.69) is 5.10 Å². The molecule has 1 aliphatic rings. The molecule has 1 aromatic heterocycles. The summed E-state index contributed by atoms with van der Waals surface area (Å²) in [6.07, 6.45) is 2.51. The number of likely N-dealkylation sites (tertiary alicyclic amines) is 1. The molecular formula is C17H21N3O4. The molecule has 2 heterocycles. The first-order valence-corrected chi connectivity index (χ1v) is 7.92. The van der Waals surface area contributed by atoms with Gasteiger partial charge in [0.1, 0.15) is 0 Å². The zero-order chi connectivity index (χ0) is 17.1. The summed E-state index contributed by atoms with van der Waals surface area (Å²) in [5.74, 6) is -0.507. The predicted octanol–water partition coefficient (Wildman–Crippen LogP) is 1.19. The monoisotopic (exact) mass is 331 g/mol. The first-order chi connectivity index (χ1) is 11.6. The van der Waals surface area contributed by atoms with Crippen molar-refractivity contribution in [1.82, 2.24) is 14.7 Å². The van der Waals surface area contributed by atoms with Crippen LogP contribution in [0.25, 0.3) is 5.69 Å². The van der Waals surface area contributed by atoms with Crippen LogP contribution in [0.2, 0.25) is 0 Å². The summed E-state index contributed by atoms with van der Waals surface area (Å²) in [5, 5.41) is 23.6. The molecule has 2 N–H and O–H groups in total. The minimum Gasteiger partial charge on any atom is -0.504 e. The van der Waals surface area contributed by atoms with Gasteiger partial charge in [0.05, 0.1) is 18.0 Å². The molecule has 2 atom stereocenters. The van der Waals surface area contributed by atoms with E-state index in [1.54, 1.807) is 12.0 Å². The summed E-state index contributed by atoms with van der Waals surface area (Å²) in [4.78, 5) is 14.4. The zero-order valence-electron chi connectivity index (χ0n) is 13.5. The molecule has 1 amide bonds. The number of aromatic hydroxyl groups is 1. The van der Waals surface area contributed by atoms with Gasteiger partial charge in [0, 0.05) is 26.3 Å². The molecule has 128 valence electrons. The van der Waals surface area contributed by atoms with E-state index in [9.17, 15) is 15.0 Å². The number of methoxy groups -OCH3 is 1. The Morgan fingerprint density at radius 3 is 2.79 bits per heavy atom. The SMILES string of the molecule is CO[C@H]1C[C@@H](CCO)N(C(=O)c2nn(-c3ccccc3)cc2O)C1. The number of nitrogens with zero attached hydrogens (tertiary/aromatic N) is 3. The largest absolute Gasteiger partial charge is 0.504 e. The fraction of sp³-hybridized carbons (Fsp3) is 0.412. The van der Waals surface area contributed by atoms with Crippen molar-refractivity contribution in [3.63, 3.8) is 0 Å². The van der Waals surface area contributed by atoms with Crippen molar-refractivity contribution in [2.75, 3.05) is 20.3 Å². The second-order valence-electron chi connectivity index (χ2n) is 5.86. The maximum Gasteiger partial charge on any atom is 0.278 e. The summed E-state index contributed by atoms with van der Waals surface area (Å²) in [6, 6.07) is 9.16. The van der Waals surface area contributed by atoms with Crippen LogP contribution in [0.1, 0.15) is 23.3 Å². The van der Waals surface area contributed by atoms with Crippen molar-refractivity contribution < 1.29 is 19.7 Å². The highest BCUT2D eigenvalue weighted by atomic mass is 16.5. The Balaban J connectivity index is 1.86. The van der Waals surface area contributed by atoms with Gasteiger partial charge in [0.2, 0.25) is 0 Å². The van der Waals surface area contributed by atoms with Gasteiger partial charge in [-0.15, -0.1) is 0 Å². The minimum atomic E-state index is -0.347. The number of hydrogen-bond acceptors (Lipinski definition) is 5. The molecule has 0 saturated carbocycles. The highest BCUT2D eigenvalue weighted by Gasteiger charge is 2.37. The van der Waals surface area contributed by atoms with Gasteiger partial charge in [-0.1, -0.05) is 18.2 Å². The van der Waals surface area contributed by atoms with Gasteiger partial charge in [0.25, 0.3) is 5.91 Å². The third-order valence-electron chi connectivity index (χ3n) is 4.35. The maximum atomic E-state index is 12.8. The van der Waals surface area contributed by atoms with Crippen LogP contribution in [-0.4, -0.2) is 63.2 Å². The topological polar surface area (TPSA) is 87.8 Å². The molecule has 0 bridgehead atoms. The average molecular weight is 331 g/mol. The molecule has 0 radical (unpaired) electrons. The molecule has 1 fully saturated rings. The molecule has 2 aromatic rings. The molecule has 0 spiro atoms. The van der Waals surface area contributed by atoms with Gasteiger partial charge in [-0.05, 0) is 25.0 Å². The van der Waals surface area contributed by atoms with Crippen molar-refractivity contribution in [2.45, 2.75) is 25.0 Å². The number of rotatable bonds is 5. The van der Waals surface area contributed by atoms with Crippen LogP contribution in [-0.2, 0) is 4.74 Å². The summed E-state index contributed by atoms with van der Waals surface area (Å²) >= 11 is 0. The summed E-state index contributed by atoms with van der Waals surface area (Å²) in [5.41, 5.74) is 0.772. The number of aliphatic hydroxyl groups is 1. The van der Waals surface area contributed by atoms with Gasteiger partial charge in [-0.2, -0.15) is 5.10 Å². The third kappa shape index (κ3) is 3.13. The Morgan fingerprint density at radius 1 is 1.38 bits per heavy atom. The molecule has 0 aliphatic carbocycles. The molecule has 24 heavy (non-hydrogen) atoms. The molecule has 7 nitrogen and oxygen atoms in total. The highest BCUT2D eigenvalue weighted by molar-refractivity contribution is 5.95. The van der Waals surface area contributed by atoms with E-state index < -0.39 is 0 Å². The van der Waals surface area contributed by atoms with Crippen LogP contribution in [0.3, 0.4) is 0 Å². The Hall–Kier alpha value is -2.38. The van der Waals surface area contributed by atoms with E-state index >= 15 is 0 Å². The quantitative estimate of drug-likeness (QED) is 0.859. The Bertz CT molecular complexity index is 701. The molecule has 1 aromatic carbocycles. The summed E-state index contributed by atoms with van der Waals surface area (Å²) < 4.78 is 6.82. The normalized spacial score (nSPS) is 20.5. The van der Waals surface area contributed by atoms with Crippen LogP contribution in [0.4, 0.5) is 0 Å². The third-order valence-corrected chi connectivity index (χ3v) is 4.35. The fourth-order valence-corrected chi connectivity index (χ4v) is 3.08. The van der Waals surface area contributed by atoms with Crippen molar-refractivity contribution in [3.8, 4) is 11.4 Å². The lowest BCUT2D eigenvalue weighted by Crippen LogP contribution is -2.37. The lowest BCUT2D eigenvalue weighted by Gasteiger charge is -2.22.